The van der Waals surface area contributed by atoms with Crippen molar-refractivity contribution in [1.82, 2.24) is 19.8 Å². The van der Waals surface area contributed by atoms with Crippen LogP contribution in [0.25, 0.3) is 32.9 Å². The highest BCUT2D eigenvalue weighted by atomic mass is 35.5. The number of methoxy groups -OCH3 is 1. The first kappa shape index (κ1) is 34.2. The molecule has 270 valence electrons. The number of pyridine rings is 2. The van der Waals surface area contributed by atoms with Gasteiger partial charge in [0.05, 0.1) is 23.3 Å². The molecule has 4 fully saturated rings. The van der Waals surface area contributed by atoms with Crippen LogP contribution < -0.4 is 14.4 Å². The molecule has 2 aromatic heterocycles. The maximum atomic E-state index is 17.2. The van der Waals surface area contributed by atoms with E-state index in [1.54, 1.807) is 25.4 Å². The molecule has 4 saturated heterocycles. The summed E-state index contributed by atoms with van der Waals surface area (Å²) in [7, 11) is 1.55. The van der Waals surface area contributed by atoms with Crippen molar-refractivity contribution in [3.05, 3.63) is 53.4 Å². The molecule has 0 spiro atoms. The summed E-state index contributed by atoms with van der Waals surface area (Å²) in [4.78, 5) is 29.5. The van der Waals surface area contributed by atoms with E-state index >= 15 is 4.39 Å². The quantitative estimate of drug-likeness (QED) is 0.169. The van der Waals surface area contributed by atoms with Crippen LogP contribution in [0.15, 0.2) is 42.6 Å². The average molecular weight is 718 g/mol. The molecule has 8 rings (SSSR count). The summed E-state index contributed by atoms with van der Waals surface area (Å²) in [6.45, 7) is 9.52. The molecule has 51 heavy (non-hydrogen) atoms. The molecule has 2 bridgehead atoms. The van der Waals surface area contributed by atoms with E-state index in [-0.39, 0.29) is 41.7 Å². The fourth-order valence-electron chi connectivity index (χ4n) is 8.77. The summed E-state index contributed by atoms with van der Waals surface area (Å²) >= 11 is 6.74. The van der Waals surface area contributed by atoms with Crippen molar-refractivity contribution in [2.75, 3.05) is 51.6 Å². The van der Waals surface area contributed by atoms with E-state index in [1.807, 2.05) is 49.9 Å². The van der Waals surface area contributed by atoms with Crippen LogP contribution in [0, 0.1) is 5.82 Å². The van der Waals surface area contributed by atoms with Crippen LogP contribution in [0.4, 0.5) is 14.9 Å². The zero-order valence-electron chi connectivity index (χ0n) is 29.7. The predicted octanol–water partition coefficient (Wildman–Crippen LogP) is 7.82. The molecule has 0 radical (unpaired) electrons. The highest BCUT2D eigenvalue weighted by Gasteiger charge is 2.46. The molecule has 0 aliphatic carbocycles. The lowest BCUT2D eigenvalue weighted by molar-refractivity contribution is 0.0123. The van der Waals surface area contributed by atoms with Crippen LogP contribution in [0.2, 0.25) is 5.02 Å². The van der Waals surface area contributed by atoms with Crippen LogP contribution in [-0.4, -0.2) is 95.8 Å². The Morgan fingerprint density at radius 1 is 1.06 bits per heavy atom. The molecule has 6 heterocycles. The summed E-state index contributed by atoms with van der Waals surface area (Å²) in [5, 5.41) is 2.51. The Labute approximate surface area is 302 Å². The van der Waals surface area contributed by atoms with Gasteiger partial charge in [-0.2, -0.15) is 0 Å². The number of carbonyl (C=O) groups is 1. The molecule has 4 aliphatic rings. The lowest BCUT2D eigenvalue weighted by atomic mass is 9.95. The number of hydrogen-bond acceptors (Lipinski definition) is 9. The summed E-state index contributed by atoms with van der Waals surface area (Å²) in [5.41, 5.74) is 0.987. The Hall–Kier alpha value is -3.93. The molecule has 10 nitrogen and oxygen atoms in total. The van der Waals surface area contributed by atoms with E-state index in [9.17, 15) is 4.79 Å². The number of fused-ring (bicyclic) bond motifs is 5. The predicted molar refractivity (Wildman–Crippen MR) is 195 cm³/mol. The monoisotopic (exact) mass is 717 g/mol. The number of nitrogens with zero attached hydrogens (tertiary/aromatic N) is 5. The number of anilines is 1. The van der Waals surface area contributed by atoms with E-state index in [4.69, 9.17) is 40.5 Å². The molecule has 4 aliphatic heterocycles. The summed E-state index contributed by atoms with van der Waals surface area (Å²) in [6.07, 6.45) is 7.63. The normalized spacial score (nSPS) is 21.5. The number of hydrogen-bond donors (Lipinski definition) is 0. The van der Waals surface area contributed by atoms with E-state index in [0.717, 1.165) is 62.7 Å². The Bertz CT molecular complexity index is 1960. The molecule has 2 aromatic carbocycles. The number of benzene rings is 2. The third-order valence-electron chi connectivity index (χ3n) is 11.0. The zero-order valence-corrected chi connectivity index (χ0v) is 30.5. The van der Waals surface area contributed by atoms with Gasteiger partial charge in [-0.3, -0.25) is 14.8 Å². The molecule has 0 unspecified atom stereocenters. The smallest absolute Gasteiger partial charge is 0.410 e. The summed E-state index contributed by atoms with van der Waals surface area (Å²) < 4.78 is 40.5. The van der Waals surface area contributed by atoms with Gasteiger partial charge in [0.15, 0.2) is 12.6 Å². The molecular weight excluding hydrogens is 673 g/mol. The Kier molecular flexibility index (Phi) is 8.87. The number of rotatable bonds is 8. The Morgan fingerprint density at radius 2 is 1.80 bits per heavy atom. The van der Waals surface area contributed by atoms with E-state index in [1.165, 1.54) is 0 Å². The zero-order chi connectivity index (χ0) is 35.5. The van der Waals surface area contributed by atoms with Crippen molar-refractivity contribution >= 4 is 45.1 Å². The SMILES string of the molecule is COCOc1cc(-c2ncc3c(N4C[C@H]5CC[C@@H](C4)N5C(=O)OC(C)(C)C)cc(OCC45CCCN4CCC5)nc3c2F)c2c(Cl)cccc2c1. The molecule has 2 atom stereocenters. The van der Waals surface area contributed by atoms with Gasteiger partial charge in [-0.25, -0.2) is 14.2 Å². The van der Waals surface area contributed by atoms with Crippen LogP contribution >= 0.6 is 11.6 Å². The minimum atomic E-state index is -0.583. The van der Waals surface area contributed by atoms with Crippen molar-refractivity contribution in [2.45, 2.75) is 82.5 Å². The van der Waals surface area contributed by atoms with Gasteiger partial charge in [-0.05, 0) is 96.0 Å². The number of amides is 1. The van der Waals surface area contributed by atoms with Crippen molar-refractivity contribution in [3.8, 4) is 22.9 Å². The molecule has 0 saturated carbocycles. The van der Waals surface area contributed by atoms with Gasteiger partial charge in [-0.15, -0.1) is 0 Å². The van der Waals surface area contributed by atoms with Gasteiger partial charge in [0.25, 0.3) is 0 Å². The third-order valence-corrected chi connectivity index (χ3v) is 11.3. The highest BCUT2D eigenvalue weighted by molar-refractivity contribution is 6.36. The number of halogens is 2. The third kappa shape index (κ3) is 6.31. The van der Waals surface area contributed by atoms with Gasteiger partial charge < -0.3 is 23.8 Å². The molecule has 12 heteroatoms. The topological polar surface area (TPSA) is 89.5 Å². The van der Waals surface area contributed by atoms with Gasteiger partial charge in [-0.1, -0.05) is 23.7 Å². The summed E-state index contributed by atoms with van der Waals surface area (Å²) in [5.74, 6) is 0.314. The Morgan fingerprint density at radius 3 is 2.51 bits per heavy atom. The van der Waals surface area contributed by atoms with Crippen molar-refractivity contribution in [1.29, 1.82) is 0 Å². The fourth-order valence-corrected chi connectivity index (χ4v) is 9.05. The number of carbonyl (C=O) groups excluding carboxylic acids is 1. The van der Waals surface area contributed by atoms with Gasteiger partial charge in [0, 0.05) is 53.8 Å². The molecule has 1 amide bonds. The van der Waals surface area contributed by atoms with E-state index in [0.29, 0.717) is 52.7 Å². The minimum Gasteiger partial charge on any atom is -0.476 e. The number of aromatic nitrogens is 2. The second-order valence-electron chi connectivity index (χ2n) is 15.4. The molecule has 4 aromatic rings. The fraction of sp³-hybridized carbons (Fsp3) is 0.513. The number of piperazine rings is 1. The van der Waals surface area contributed by atoms with Crippen molar-refractivity contribution in [3.63, 3.8) is 0 Å². The maximum absolute atomic E-state index is 17.2. The first-order chi connectivity index (χ1) is 24.5. The lowest BCUT2D eigenvalue weighted by Gasteiger charge is -2.42. The van der Waals surface area contributed by atoms with Gasteiger partial charge >= 0.3 is 6.09 Å². The van der Waals surface area contributed by atoms with Crippen LogP contribution in [0.5, 0.6) is 11.6 Å². The molecular formula is C39H45ClFN5O5. The second kappa shape index (κ2) is 13.2. The largest absolute Gasteiger partial charge is 0.476 e. The van der Waals surface area contributed by atoms with Gasteiger partial charge in [0.2, 0.25) is 5.88 Å². The second-order valence-corrected chi connectivity index (χ2v) is 15.8. The van der Waals surface area contributed by atoms with Crippen LogP contribution in [-0.2, 0) is 9.47 Å². The summed E-state index contributed by atoms with van der Waals surface area (Å²) in [6, 6.07) is 11.0. The van der Waals surface area contributed by atoms with Crippen molar-refractivity contribution < 1.29 is 28.1 Å². The van der Waals surface area contributed by atoms with Crippen LogP contribution in [0.1, 0.15) is 59.3 Å². The first-order valence-corrected chi connectivity index (χ1v) is 18.4. The van der Waals surface area contributed by atoms with Crippen molar-refractivity contribution in [2.24, 2.45) is 0 Å². The minimum absolute atomic E-state index is 0.00476. The standard InChI is InChI=1S/C39H45ClFN5O5/c1-38(2,3)51-37(47)46-25-10-11-26(46)21-44(20-25)31-18-32(49-22-39-12-6-14-45(39)15-7-13-39)43-36-29(31)19-42-35(34(36)41)28-17-27(50-23-48-4)16-24-8-5-9-30(40)33(24)28/h5,8-9,16-19,25-26H,6-7,10-15,20-23H2,1-4H3/t25-,26+. The average Bonchev–Trinajstić information content (AvgIpc) is 3.76. The molecule has 0 N–H and O–H groups in total. The van der Waals surface area contributed by atoms with Crippen LogP contribution in [0.3, 0.4) is 0 Å². The van der Waals surface area contributed by atoms with E-state index in [2.05, 4.69) is 9.80 Å². The van der Waals surface area contributed by atoms with E-state index < -0.39 is 11.4 Å². The van der Waals surface area contributed by atoms with Gasteiger partial charge in [0.1, 0.15) is 29.2 Å². The first-order valence-electron chi connectivity index (χ1n) is 18.0. The maximum Gasteiger partial charge on any atom is 0.410 e. The highest BCUT2D eigenvalue weighted by Crippen LogP contribution is 2.43. The lowest BCUT2D eigenvalue weighted by Crippen LogP contribution is -2.56. The Balaban J connectivity index is 1.22. The number of ether oxygens (including phenoxy) is 4.